The maximum absolute atomic E-state index is 12.2. The molecule has 26 heavy (non-hydrogen) atoms. The number of benzene rings is 1. The Kier molecular flexibility index (Phi) is 6.48. The number of aromatic amines is 1. The molecule has 1 aromatic carbocycles. The van der Waals surface area contributed by atoms with Crippen LogP contribution in [-0.2, 0) is 20.9 Å². The van der Waals surface area contributed by atoms with Crippen molar-refractivity contribution in [2.75, 3.05) is 13.7 Å². The van der Waals surface area contributed by atoms with E-state index in [0.29, 0.717) is 0 Å². The molecule has 2 aromatic rings. The lowest BCUT2D eigenvalue weighted by Gasteiger charge is -2.25. The molecule has 138 valence electrons. The number of rotatable bonds is 7. The molecule has 1 amide bonds. The highest BCUT2D eigenvalue weighted by molar-refractivity contribution is 5.80. The number of likely N-dealkylation sites (N-methyl/N-ethyl adjacent to an activating group) is 1. The van der Waals surface area contributed by atoms with Gasteiger partial charge in [0, 0.05) is 19.2 Å². The van der Waals surface area contributed by atoms with E-state index in [-0.39, 0.29) is 31.5 Å². The van der Waals surface area contributed by atoms with E-state index in [1.54, 1.807) is 7.05 Å². The molecule has 1 atom stereocenters. The first kappa shape index (κ1) is 19.2. The zero-order valence-electron chi connectivity index (χ0n) is 14.7. The number of carbonyl (C=O) groups excluding carboxylic acids is 2. The maximum Gasteiger partial charge on any atom is 0.308 e. The molecule has 0 aliphatic rings. The third kappa shape index (κ3) is 5.17. The molecule has 8 nitrogen and oxygen atoms in total. The zero-order valence-corrected chi connectivity index (χ0v) is 14.7. The van der Waals surface area contributed by atoms with Crippen molar-refractivity contribution in [3.8, 4) is 0 Å². The SMILES string of the molecule is C[C@H](c1ccccc1)N(C)C(=O)COC(=O)CCn1[nH]c(=O)ccc1=O. The number of nitrogens with one attached hydrogen (secondary N) is 1. The van der Waals surface area contributed by atoms with Gasteiger partial charge in [0.2, 0.25) is 0 Å². The van der Waals surface area contributed by atoms with E-state index in [9.17, 15) is 19.2 Å². The highest BCUT2D eigenvalue weighted by Crippen LogP contribution is 2.18. The monoisotopic (exact) mass is 359 g/mol. The van der Waals surface area contributed by atoms with Crippen molar-refractivity contribution in [2.24, 2.45) is 0 Å². The van der Waals surface area contributed by atoms with Gasteiger partial charge in [-0.15, -0.1) is 0 Å². The molecule has 0 aliphatic heterocycles. The lowest BCUT2D eigenvalue weighted by Crippen LogP contribution is -2.34. The van der Waals surface area contributed by atoms with Crippen molar-refractivity contribution in [2.45, 2.75) is 25.9 Å². The molecule has 0 saturated carbocycles. The second-order valence-corrected chi connectivity index (χ2v) is 5.80. The molecular weight excluding hydrogens is 338 g/mol. The van der Waals surface area contributed by atoms with E-state index in [2.05, 4.69) is 5.10 Å². The summed E-state index contributed by atoms with van der Waals surface area (Å²) in [6.07, 6.45) is -0.134. The number of hydrogen-bond donors (Lipinski definition) is 1. The fourth-order valence-corrected chi connectivity index (χ4v) is 2.32. The highest BCUT2D eigenvalue weighted by atomic mass is 16.5. The molecular formula is C18H21N3O5. The first-order valence-corrected chi connectivity index (χ1v) is 8.15. The summed E-state index contributed by atoms with van der Waals surface area (Å²) in [4.78, 5) is 48.2. The average Bonchev–Trinajstić information content (AvgIpc) is 2.66. The van der Waals surface area contributed by atoms with Gasteiger partial charge in [0.25, 0.3) is 17.0 Å². The van der Waals surface area contributed by atoms with Crippen molar-refractivity contribution in [1.29, 1.82) is 0 Å². The minimum Gasteiger partial charge on any atom is -0.456 e. The number of ether oxygens (including phenoxy) is 1. The number of carbonyl (C=O) groups is 2. The lowest BCUT2D eigenvalue weighted by atomic mass is 10.1. The third-order valence-electron chi connectivity index (χ3n) is 4.04. The summed E-state index contributed by atoms with van der Waals surface area (Å²) in [5.41, 5.74) is 0.108. The molecule has 0 bridgehead atoms. The van der Waals surface area contributed by atoms with E-state index in [4.69, 9.17) is 4.74 Å². The third-order valence-corrected chi connectivity index (χ3v) is 4.04. The predicted molar refractivity (Wildman–Crippen MR) is 94.5 cm³/mol. The Balaban J connectivity index is 1.82. The second-order valence-electron chi connectivity index (χ2n) is 5.80. The minimum atomic E-state index is -0.629. The van der Waals surface area contributed by atoms with Crippen molar-refractivity contribution in [3.05, 3.63) is 68.7 Å². The van der Waals surface area contributed by atoms with Crippen LogP contribution in [0.3, 0.4) is 0 Å². The van der Waals surface area contributed by atoms with Crippen LogP contribution in [0.25, 0.3) is 0 Å². The van der Waals surface area contributed by atoms with Crippen molar-refractivity contribution in [3.63, 3.8) is 0 Å². The van der Waals surface area contributed by atoms with E-state index in [1.165, 1.54) is 4.90 Å². The summed E-state index contributed by atoms with van der Waals surface area (Å²) < 4.78 is 5.99. The van der Waals surface area contributed by atoms with Crippen LogP contribution < -0.4 is 11.1 Å². The van der Waals surface area contributed by atoms with Crippen LogP contribution >= 0.6 is 0 Å². The molecule has 8 heteroatoms. The van der Waals surface area contributed by atoms with Gasteiger partial charge in [-0.3, -0.25) is 24.3 Å². The van der Waals surface area contributed by atoms with Crippen LogP contribution in [0.15, 0.2) is 52.1 Å². The number of aromatic nitrogens is 2. The summed E-state index contributed by atoms with van der Waals surface area (Å²) >= 11 is 0. The van der Waals surface area contributed by atoms with Crippen molar-refractivity contribution in [1.82, 2.24) is 14.7 Å². The summed E-state index contributed by atoms with van der Waals surface area (Å²) in [6.45, 7) is 1.47. The maximum atomic E-state index is 12.2. The minimum absolute atomic E-state index is 0.0296. The molecule has 2 rings (SSSR count). The van der Waals surface area contributed by atoms with E-state index in [1.807, 2.05) is 37.3 Å². The highest BCUT2D eigenvalue weighted by Gasteiger charge is 2.18. The van der Waals surface area contributed by atoms with E-state index < -0.39 is 17.1 Å². The fourth-order valence-electron chi connectivity index (χ4n) is 2.32. The summed E-state index contributed by atoms with van der Waals surface area (Å²) in [6, 6.07) is 11.6. The van der Waals surface area contributed by atoms with Gasteiger partial charge in [0.05, 0.1) is 19.0 Å². The van der Waals surface area contributed by atoms with E-state index >= 15 is 0 Å². The average molecular weight is 359 g/mol. The van der Waals surface area contributed by atoms with Gasteiger partial charge in [-0.1, -0.05) is 30.3 Å². The topological polar surface area (TPSA) is 101 Å². The Morgan fingerprint density at radius 3 is 2.54 bits per heavy atom. The van der Waals surface area contributed by atoms with Gasteiger partial charge in [0.1, 0.15) is 0 Å². The summed E-state index contributed by atoms with van der Waals surface area (Å²) in [5.74, 6) is -0.962. The Morgan fingerprint density at radius 1 is 1.15 bits per heavy atom. The number of H-pyrrole nitrogens is 1. The van der Waals surface area contributed by atoms with Crippen LogP contribution in [0, 0.1) is 0 Å². The van der Waals surface area contributed by atoms with Gasteiger partial charge in [0.15, 0.2) is 6.61 Å². The Bertz CT molecular complexity index is 872. The standard InChI is InChI=1S/C18H21N3O5/c1-13(14-6-4-3-5-7-14)20(2)17(24)12-26-18(25)10-11-21-16(23)9-8-15(22)19-21/h3-9,13H,10-12H2,1-2H3,(H,19,22)/t13-/m1/s1. The Labute approximate surface area is 150 Å². The van der Waals surface area contributed by atoms with Gasteiger partial charge >= 0.3 is 5.97 Å². The quantitative estimate of drug-likeness (QED) is 0.733. The molecule has 1 heterocycles. The first-order chi connectivity index (χ1) is 12.4. The molecule has 0 fully saturated rings. The van der Waals surface area contributed by atoms with Crippen LogP contribution in [0.5, 0.6) is 0 Å². The van der Waals surface area contributed by atoms with Gasteiger partial charge < -0.3 is 9.64 Å². The van der Waals surface area contributed by atoms with Crippen LogP contribution in [0.2, 0.25) is 0 Å². The first-order valence-electron chi connectivity index (χ1n) is 8.15. The second kappa shape index (κ2) is 8.80. The molecule has 0 unspecified atom stereocenters. The fraction of sp³-hybridized carbons (Fsp3) is 0.333. The number of nitrogens with zero attached hydrogens (tertiary/aromatic N) is 2. The molecule has 1 N–H and O–H groups in total. The lowest BCUT2D eigenvalue weighted by molar-refractivity contribution is -0.152. The van der Waals surface area contributed by atoms with E-state index in [0.717, 1.165) is 22.4 Å². The van der Waals surface area contributed by atoms with Crippen LogP contribution in [0.1, 0.15) is 24.9 Å². The van der Waals surface area contributed by atoms with Crippen molar-refractivity contribution < 1.29 is 14.3 Å². The number of amides is 1. The normalized spacial score (nSPS) is 11.6. The number of hydrogen-bond acceptors (Lipinski definition) is 5. The van der Waals surface area contributed by atoms with Crippen LogP contribution in [0.4, 0.5) is 0 Å². The van der Waals surface area contributed by atoms with Crippen LogP contribution in [-0.4, -0.2) is 40.2 Å². The largest absolute Gasteiger partial charge is 0.456 e. The molecule has 1 aromatic heterocycles. The molecule has 0 spiro atoms. The number of esters is 1. The Hall–Kier alpha value is -3.16. The molecule has 0 saturated heterocycles. The smallest absolute Gasteiger partial charge is 0.308 e. The molecule has 0 aliphatic carbocycles. The van der Waals surface area contributed by atoms with Gasteiger partial charge in [-0.05, 0) is 12.5 Å². The predicted octanol–water partition coefficient (Wildman–Crippen LogP) is 0.690. The zero-order chi connectivity index (χ0) is 19.1. The van der Waals surface area contributed by atoms with Crippen molar-refractivity contribution >= 4 is 11.9 Å². The summed E-state index contributed by atoms with van der Waals surface area (Å²) in [5, 5.41) is 2.31. The Morgan fingerprint density at radius 2 is 1.85 bits per heavy atom. The van der Waals surface area contributed by atoms with Gasteiger partial charge in [-0.25, -0.2) is 4.68 Å². The van der Waals surface area contributed by atoms with Gasteiger partial charge in [-0.2, -0.15) is 0 Å². The number of aryl methyl sites for hydroxylation is 1. The molecule has 0 radical (unpaired) electrons. The summed E-state index contributed by atoms with van der Waals surface area (Å²) in [7, 11) is 1.64.